The molecular formula is C12H14O3. The van der Waals surface area contributed by atoms with Crippen molar-refractivity contribution in [2.24, 2.45) is 0 Å². The maximum absolute atomic E-state index is 10.1. The summed E-state index contributed by atoms with van der Waals surface area (Å²) in [5, 5.41) is 10.1. The zero-order valence-corrected chi connectivity index (χ0v) is 8.75. The topological polar surface area (TPSA) is 38.7 Å². The van der Waals surface area contributed by atoms with Crippen LogP contribution in [0, 0.1) is 6.92 Å². The van der Waals surface area contributed by atoms with E-state index < -0.39 is 5.60 Å². The van der Waals surface area contributed by atoms with Crippen LogP contribution in [0.3, 0.4) is 0 Å². The van der Waals surface area contributed by atoms with Crippen molar-refractivity contribution in [3.8, 4) is 11.5 Å². The molecule has 0 aromatic heterocycles. The molecule has 0 amide bonds. The SMILES string of the molecule is Cc1cc2c(cc1C1(O)CC1)OCCO2. The first-order valence-corrected chi connectivity index (χ1v) is 5.32. The monoisotopic (exact) mass is 206 g/mol. The number of ether oxygens (including phenoxy) is 2. The van der Waals surface area contributed by atoms with Crippen LogP contribution >= 0.6 is 0 Å². The number of aryl methyl sites for hydroxylation is 1. The van der Waals surface area contributed by atoms with Gasteiger partial charge in [-0.15, -0.1) is 0 Å². The number of rotatable bonds is 1. The zero-order chi connectivity index (χ0) is 10.5. The number of benzene rings is 1. The Kier molecular flexibility index (Phi) is 1.74. The summed E-state index contributed by atoms with van der Waals surface area (Å²) in [4.78, 5) is 0. The summed E-state index contributed by atoms with van der Waals surface area (Å²) < 4.78 is 11.0. The number of hydrogen-bond donors (Lipinski definition) is 1. The van der Waals surface area contributed by atoms with E-state index in [-0.39, 0.29) is 0 Å². The molecule has 0 bridgehead atoms. The lowest BCUT2D eigenvalue weighted by Crippen LogP contribution is -2.17. The van der Waals surface area contributed by atoms with Crippen molar-refractivity contribution in [2.75, 3.05) is 13.2 Å². The van der Waals surface area contributed by atoms with Crippen LogP contribution in [-0.4, -0.2) is 18.3 Å². The van der Waals surface area contributed by atoms with Crippen LogP contribution in [0.25, 0.3) is 0 Å². The molecule has 0 unspecified atom stereocenters. The molecule has 1 aliphatic carbocycles. The normalized spacial score (nSPS) is 21.2. The van der Waals surface area contributed by atoms with Crippen molar-refractivity contribution in [3.05, 3.63) is 23.3 Å². The Labute approximate surface area is 88.6 Å². The van der Waals surface area contributed by atoms with Crippen molar-refractivity contribution in [3.63, 3.8) is 0 Å². The fourth-order valence-electron chi connectivity index (χ4n) is 2.08. The molecular weight excluding hydrogens is 192 g/mol. The van der Waals surface area contributed by atoms with Gasteiger partial charge in [0, 0.05) is 0 Å². The lowest BCUT2D eigenvalue weighted by atomic mass is 10.0. The third-order valence-corrected chi connectivity index (χ3v) is 3.11. The highest BCUT2D eigenvalue weighted by atomic mass is 16.6. The van der Waals surface area contributed by atoms with Gasteiger partial charge in [0.15, 0.2) is 11.5 Å². The van der Waals surface area contributed by atoms with Gasteiger partial charge in [-0.3, -0.25) is 0 Å². The lowest BCUT2D eigenvalue weighted by Gasteiger charge is -2.21. The highest BCUT2D eigenvalue weighted by Gasteiger charge is 2.43. The van der Waals surface area contributed by atoms with Gasteiger partial charge < -0.3 is 14.6 Å². The highest BCUT2D eigenvalue weighted by molar-refractivity contribution is 5.50. The molecule has 0 saturated heterocycles. The standard InChI is InChI=1S/C12H14O3/c1-8-6-10-11(15-5-4-14-10)7-9(8)12(13)2-3-12/h6-7,13H,2-5H2,1H3. The largest absolute Gasteiger partial charge is 0.486 e. The molecule has 1 aromatic rings. The summed E-state index contributed by atoms with van der Waals surface area (Å²) in [5.74, 6) is 1.56. The number of hydrogen-bond acceptors (Lipinski definition) is 3. The quantitative estimate of drug-likeness (QED) is 0.760. The van der Waals surface area contributed by atoms with E-state index in [2.05, 4.69) is 0 Å². The smallest absolute Gasteiger partial charge is 0.161 e. The van der Waals surface area contributed by atoms with Gasteiger partial charge in [0.25, 0.3) is 0 Å². The van der Waals surface area contributed by atoms with Crippen LogP contribution in [0.2, 0.25) is 0 Å². The Balaban J connectivity index is 2.08. The van der Waals surface area contributed by atoms with Gasteiger partial charge in [-0.2, -0.15) is 0 Å². The van der Waals surface area contributed by atoms with Crippen LogP contribution in [0.1, 0.15) is 24.0 Å². The maximum atomic E-state index is 10.1. The predicted octanol–water partition coefficient (Wildman–Crippen LogP) is 1.75. The van der Waals surface area contributed by atoms with Crippen molar-refractivity contribution >= 4 is 0 Å². The first kappa shape index (κ1) is 9.04. The van der Waals surface area contributed by atoms with E-state index in [0.29, 0.717) is 13.2 Å². The second-order valence-corrected chi connectivity index (χ2v) is 4.34. The van der Waals surface area contributed by atoms with Crippen LogP contribution < -0.4 is 9.47 Å². The van der Waals surface area contributed by atoms with E-state index in [4.69, 9.17) is 9.47 Å². The molecule has 1 aliphatic heterocycles. The Morgan fingerprint density at radius 3 is 2.33 bits per heavy atom. The molecule has 0 spiro atoms. The van der Waals surface area contributed by atoms with Gasteiger partial charge in [0.05, 0.1) is 5.60 Å². The molecule has 1 N–H and O–H groups in total. The summed E-state index contributed by atoms with van der Waals surface area (Å²) in [5.41, 5.74) is 1.48. The number of fused-ring (bicyclic) bond motifs is 1. The zero-order valence-electron chi connectivity index (χ0n) is 8.75. The molecule has 15 heavy (non-hydrogen) atoms. The predicted molar refractivity (Wildman–Crippen MR) is 55.3 cm³/mol. The Bertz CT molecular complexity index is 408. The molecule has 1 saturated carbocycles. The van der Waals surface area contributed by atoms with E-state index in [1.54, 1.807) is 0 Å². The Hall–Kier alpha value is -1.22. The summed E-state index contributed by atoms with van der Waals surface area (Å²) in [6.45, 7) is 3.20. The first-order chi connectivity index (χ1) is 7.19. The van der Waals surface area contributed by atoms with Gasteiger partial charge in [-0.25, -0.2) is 0 Å². The van der Waals surface area contributed by atoms with E-state index >= 15 is 0 Å². The van der Waals surface area contributed by atoms with Gasteiger partial charge in [0.1, 0.15) is 13.2 Å². The van der Waals surface area contributed by atoms with Gasteiger partial charge >= 0.3 is 0 Å². The Morgan fingerprint density at radius 1 is 1.13 bits per heavy atom. The molecule has 1 heterocycles. The van der Waals surface area contributed by atoms with Crippen LogP contribution in [0.4, 0.5) is 0 Å². The van der Waals surface area contributed by atoms with Crippen molar-refractivity contribution in [2.45, 2.75) is 25.4 Å². The summed E-state index contributed by atoms with van der Waals surface area (Å²) in [6, 6.07) is 3.89. The molecule has 3 rings (SSSR count). The molecule has 2 aliphatic rings. The van der Waals surface area contributed by atoms with E-state index in [0.717, 1.165) is 35.5 Å². The second kappa shape index (κ2) is 2.89. The average Bonchev–Trinajstić information content (AvgIpc) is 2.96. The molecule has 1 aromatic carbocycles. The third kappa shape index (κ3) is 1.38. The van der Waals surface area contributed by atoms with Crippen LogP contribution in [-0.2, 0) is 5.60 Å². The van der Waals surface area contributed by atoms with Gasteiger partial charge in [0.2, 0.25) is 0 Å². The minimum atomic E-state index is -0.597. The highest BCUT2D eigenvalue weighted by Crippen LogP contribution is 2.49. The van der Waals surface area contributed by atoms with Gasteiger partial charge in [-0.1, -0.05) is 0 Å². The van der Waals surface area contributed by atoms with E-state index in [1.165, 1.54) is 0 Å². The van der Waals surface area contributed by atoms with E-state index in [1.807, 2.05) is 19.1 Å². The van der Waals surface area contributed by atoms with Crippen molar-refractivity contribution in [1.29, 1.82) is 0 Å². The molecule has 0 atom stereocenters. The minimum Gasteiger partial charge on any atom is -0.486 e. The van der Waals surface area contributed by atoms with Crippen LogP contribution in [0.15, 0.2) is 12.1 Å². The van der Waals surface area contributed by atoms with Gasteiger partial charge in [-0.05, 0) is 43.0 Å². The van der Waals surface area contributed by atoms with Crippen molar-refractivity contribution in [1.82, 2.24) is 0 Å². The first-order valence-electron chi connectivity index (χ1n) is 5.32. The second-order valence-electron chi connectivity index (χ2n) is 4.34. The fourth-order valence-corrected chi connectivity index (χ4v) is 2.08. The lowest BCUT2D eigenvalue weighted by molar-refractivity contribution is 0.146. The molecule has 80 valence electrons. The molecule has 0 radical (unpaired) electrons. The summed E-state index contributed by atoms with van der Waals surface area (Å²) in [7, 11) is 0. The Morgan fingerprint density at radius 2 is 1.73 bits per heavy atom. The van der Waals surface area contributed by atoms with Crippen LogP contribution in [0.5, 0.6) is 11.5 Å². The average molecular weight is 206 g/mol. The van der Waals surface area contributed by atoms with Crippen molar-refractivity contribution < 1.29 is 14.6 Å². The fraction of sp³-hybridized carbons (Fsp3) is 0.500. The number of aliphatic hydroxyl groups is 1. The minimum absolute atomic E-state index is 0.591. The molecule has 3 heteroatoms. The molecule has 3 nitrogen and oxygen atoms in total. The molecule has 1 fully saturated rings. The summed E-state index contributed by atoms with van der Waals surface area (Å²) >= 11 is 0. The van der Waals surface area contributed by atoms with E-state index in [9.17, 15) is 5.11 Å². The maximum Gasteiger partial charge on any atom is 0.161 e. The summed E-state index contributed by atoms with van der Waals surface area (Å²) in [6.07, 6.45) is 1.71. The third-order valence-electron chi connectivity index (χ3n) is 3.11.